The smallest absolute Gasteiger partial charge is 0.255 e. The first-order valence-electron chi connectivity index (χ1n) is 6.51. The van der Waals surface area contributed by atoms with Crippen molar-refractivity contribution in [2.75, 3.05) is 0 Å². The molecule has 3 aromatic heterocycles. The standard InChI is InChI=1S/C14H14N6O/c1-9-7-10(2)20-12(18-19-14(20)17-9)8-16-13(21)11-3-5-15-6-4-11/h3-7H,8H2,1-2H3,(H,16,21). The summed E-state index contributed by atoms with van der Waals surface area (Å²) in [6.07, 6.45) is 3.16. The lowest BCUT2D eigenvalue weighted by molar-refractivity contribution is 0.0949. The Balaban J connectivity index is 1.82. The van der Waals surface area contributed by atoms with Crippen LogP contribution in [-0.2, 0) is 6.54 Å². The van der Waals surface area contributed by atoms with E-state index in [-0.39, 0.29) is 12.5 Å². The summed E-state index contributed by atoms with van der Waals surface area (Å²) in [5.74, 6) is 1.02. The van der Waals surface area contributed by atoms with Gasteiger partial charge in [0.2, 0.25) is 0 Å². The fourth-order valence-corrected chi connectivity index (χ4v) is 2.18. The van der Waals surface area contributed by atoms with Gasteiger partial charge in [0.05, 0.1) is 6.54 Å². The van der Waals surface area contributed by atoms with Gasteiger partial charge in [0, 0.05) is 29.3 Å². The van der Waals surface area contributed by atoms with Crippen molar-refractivity contribution < 1.29 is 4.79 Å². The summed E-state index contributed by atoms with van der Waals surface area (Å²) in [5.41, 5.74) is 2.43. The van der Waals surface area contributed by atoms with Crippen LogP contribution in [0.15, 0.2) is 30.6 Å². The summed E-state index contributed by atoms with van der Waals surface area (Å²) >= 11 is 0. The third-order valence-corrected chi connectivity index (χ3v) is 3.11. The number of carbonyl (C=O) groups is 1. The number of aromatic nitrogens is 5. The highest BCUT2D eigenvalue weighted by Gasteiger charge is 2.11. The van der Waals surface area contributed by atoms with Crippen molar-refractivity contribution in [2.45, 2.75) is 20.4 Å². The summed E-state index contributed by atoms with van der Waals surface area (Å²) in [5, 5.41) is 10.9. The van der Waals surface area contributed by atoms with Crippen molar-refractivity contribution in [3.63, 3.8) is 0 Å². The monoisotopic (exact) mass is 282 g/mol. The Bertz CT molecular complexity index is 796. The molecule has 0 saturated heterocycles. The lowest BCUT2D eigenvalue weighted by Crippen LogP contribution is -2.24. The highest BCUT2D eigenvalue weighted by atomic mass is 16.1. The number of hydrogen-bond donors (Lipinski definition) is 1. The molecule has 0 saturated carbocycles. The van der Waals surface area contributed by atoms with Gasteiger partial charge in [0.25, 0.3) is 11.7 Å². The summed E-state index contributed by atoms with van der Waals surface area (Å²) in [7, 11) is 0. The van der Waals surface area contributed by atoms with Gasteiger partial charge in [-0.1, -0.05) is 0 Å². The van der Waals surface area contributed by atoms with Gasteiger partial charge in [-0.25, -0.2) is 4.98 Å². The quantitative estimate of drug-likeness (QED) is 0.776. The van der Waals surface area contributed by atoms with E-state index in [4.69, 9.17) is 0 Å². The molecule has 0 atom stereocenters. The lowest BCUT2D eigenvalue weighted by atomic mass is 10.2. The predicted molar refractivity (Wildman–Crippen MR) is 75.7 cm³/mol. The fourth-order valence-electron chi connectivity index (χ4n) is 2.18. The summed E-state index contributed by atoms with van der Waals surface area (Å²) in [6.45, 7) is 4.15. The Labute approximate surface area is 121 Å². The van der Waals surface area contributed by atoms with Crippen molar-refractivity contribution in [3.8, 4) is 0 Å². The highest BCUT2D eigenvalue weighted by Crippen LogP contribution is 2.08. The summed E-state index contributed by atoms with van der Waals surface area (Å²) in [6, 6.07) is 5.27. The van der Waals surface area contributed by atoms with Crippen LogP contribution < -0.4 is 5.32 Å². The van der Waals surface area contributed by atoms with Crippen LogP contribution in [0.25, 0.3) is 5.78 Å². The third-order valence-electron chi connectivity index (χ3n) is 3.11. The zero-order valence-corrected chi connectivity index (χ0v) is 11.7. The molecule has 0 radical (unpaired) electrons. The van der Waals surface area contributed by atoms with Gasteiger partial charge in [0.1, 0.15) is 0 Å². The second-order valence-corrected chi connectivity index (χ2v) is 4.71. The first-order chi connectivity index (χ1) is 10.1. The number of nitrogens with zero attached hydrogens (tertiary/aromatic N) is 5. The fraction of sp³-hybridized carbons (Fsp3) is 0.214. The number of amides is 1. The van der Waals surface area contributed by atoms with Gasteiger partial charge in [-0.3, -0.25) is 14.2 Å². The minimum atomic E-state index is -0.174. The molecule has 0 aliphatic heterocycles. The number of hydrogen-bond acceptors (Lipinski definition) is 5. The third kappa shape index (κ3) is 2.58. The Morgan fingerprint density at radius 3 is 2.76 bits per heavy atom. The number of rotatable bonds is 3. The molecular formula is C14H14N6O. The molecule has 3 rings (SSSR count). The lowest BCUT2D eigenvalue weighted by Gasteiger charge is -2.06. The molecular weight excluding hydrogens is 268 g/mol. The number of pyridine rings is 1. The first kappa shape index (κ1) is 13.2. The topological polar surface area (TPSA) is 85.1 Å². The number of fused-ring (bicyclic) bond motifs is 1. The van der Waals surface area contributed by atoms with Gasteiger partial charge >= 0.3 is 0 Å². The molecule has 0 fully saturated rings. The summed E-state index contributed by atoms with van der Waals surface area (Å²) in [4.78, 5) is 20.2. The Kier molecular flexibility index (Phi) is 3.31. The summed E-state index contributed by atoms with van der Waals surface area (Å²) < 4.78 is 1.83. The van der Waals surface area contributed by atoms with E-state index < -0.39 is 0 Å². The normalized spacial score (nSPS) is 10.8. The molecule has 7 heteroatoms. The zero-order valence-electron chi connectivity index (χ0n) is 11.7. The van der Waals surface area contributed by atoms with Gasteiger partial charge in [-0.15, -0.1) is 10.2 Å². The molecule has 3 heterocycles. The minimum absolute atomic E-state index is 0.174. The van der Waals surface area contributed by atoms with E-state index >= 15 is 0 Å². The molecule has 1 amide bonds. The van der Waals surface area contributed by atoms with Crippen molar-refractivity contribution >= 4 is 11.7 Å². The van der Waals surface area contributed by atoms with Gasteiger partial charge in [-0.2, -0.15) is 0 Å². The van der Waals surface area contributed by atoms with Crippen LogP contribution in [0, 0.1) is 13.8 Å². The predicted octanol–water partition coefficient (Wildman–Crippen LogP) is 1.07. The van der Waals surface area contributed by atoms with Crippen molar-refractivity contribution in [3.05, 3.63) is 53.4 Å². The van der Waals surface area contributed by atoms with Crippen molar-refractivity contribution in [1.82, 2.24) is 29.9 Å². The molecule has 0 aliphatic rings. The molecule has 7 nitrogen and oxygen atoms in total. The Morgan fingerprint density at radius 2 is 2.00 bits per heavy atom. The van der Waals surface area contributed by atoms with Crippen LogP contribution in [0.4, 0.5) is 0 Å². The second-order valence-electron chi connectivity index (χ2n) is 4.71. The SMILES string of the molecule is Cc1cc(C)n2c(CNC(=O)c3ccncc3)nnc2n1. The highest BCUT2D eigenvalue weighted by molar-refractivity contribution is 5.93. The first-order valence-corrected chi connectivity index (χ1v) is 6.51. The molecule has 0 bridgehead atoms. The van der Waals surface area contributed by atoms with Crippen LogP contribution in [-0.4, -0.2) is 30.5 Å². The Hall–Kier alpha value is -2.83. The van der Waals surface area contributed by atoms with Crippen LogP contribution in [0.3, 0.4) is 0 Å². The maximum Gasteiger partial charge on any atom is 0.255 e. The van der Waals surface area contributed by atoms with E-state index in [1.807, 2.05) is 24.3 Å². The van der Waals surface area contributed by atoms with Gasteiger partial charge < -0.3 is 5.32 Å². The molecule has 0 aliphatic carbocycles. The van der Waals surface area contributed by atoms with E-state index in [1.165, 1.54) is 0 Å². The number of aryl methyl sites for hydroxylation is 2. The van der Waals surface area contributed by atoms with Gasteiger partial charge in [-0.05, 0) is 32.0 Å². The van der Waals surface area contributed by atoms with E-state index in [9.17, 15) is 4.79 Å². The van der Waals surface area contributed by atoms with Crippen LogP contribution in [0.5, 0.6) is 0 Å². The zero-order chi connectivity index (χ0) is 14.8. The molecule has 106 valence electrons. The maximum atomic E-state index is 12.0. The van der Waals surface area contributed by atoms with Crippen molar-refractivity contribution in [1.29, 1.82) is 0 Å². The molecule has 0 aromatic carbocycles. The van der Waals surface area contributed by atoms with Crippen LogP contribution >= 0.6 is 0 Å². The molecule has 0 unspecified atom stereocenters. The maximum absolute atomic E-state index is 12.0. The second kappa shape index (κ2) is 5.28. The molecule has 0 spiro atoms. The van der Waals surface area contributed by atoms with E-state index in [2.05, 4.69) is 25.5 Å². The molecule has 3 aromatic rings. The number of carbonyl (C=O) groups excluding carboxylic acids is 1. The Morgan fingerprint density at radius 1 is 1.24 bits per heavy atom. The average molecular weight is 282 g/mol. The van der Waals surface area contributed by atoms with Gasteiger partial charge in [0.15, 0.2) is 5.82 Å². The van der Waals surface area contributed by atoms with Crippen LogP contribution in [0.1, 0.15) is 27.6 Å². The molecule has 21 heavy (non-hydrogen) atoms. The molecule has 1 N–H and O–H groups in total. The van der Waals surface area contributed by atoms with E-state index in [0.717, 1.165) is 11.4 Å². The van der Waals surface area contributed by atoms with Crippen molar-refractivity contribution in [2.24, 2.45) is 0 Å². The van der Waals surface area contributed by atoms with E-state index in [1.54, 1.807) is 24.5 Å². The average Bonchev–Trinajstić information content (AvgIpc) is 2.89. The van der Waals surface area contributed by atoms with Crippen LogP contribution in [0.2, 0.25) is 0 Å². The minimum Gasteiger partial charge on any atom is -0.345 e. The number of nitrogens with one attached hydrogen (secondary N) is 1. The largest absolute Gasteiger partial charge is 0.345 e. The van der Waals surface area contributed by atoms with E-state index in [0.29, 0.717) is 17.2 Å².